The van der Waals surface area contributed by atoms with Gasteiger partial charge in [-0.15, -0.1) is 0 Å². The fourth-order valence-corrected chi connectivity index (χ4v) is 2.22. The van der Waals surface area contributed by atoms with Crippen LogP contribution < -0.4 is 11.1 Å². The predicted molar refractivity (Wildman–Crippen MR) is 70.0 cm³/mol. The van der Waals surface area contributed by atoms with Crippen molar-refractivity contribution in [2.75, 3.05) is 0 Å². The fourth-order valence-electron chi connectivity index (χ4n) is 2.22. The van der Waals surface area contributed by atoms with Crippen molar-refractivity contribution < 1.29 is 14.3 Å². The summed E-state index contributed by atoms with van der Waals surface area (Å²) in [7, 11) is 0. The molecule has 1 heterocycles. The molecule has 1 amide bonds. The highest BCUT2D eigenvalue weighted by molar-refractivity contribution is 6.08. The molecule has 1 aliphatic rings. The second-order valence-corrected chi connectivity index (χ2v) is 5.63. The van der Waals surface area contributed by atoms with E-state index in [-0.39, 0.29) is 0 Å². The van der Waals surface area contributed by atoms with E-state index in [4.69, 9.17) is 10.5 Å². The third-order valence-electron chi connectivity index (χ3n) is 3.04. The number of nitrogens with two attached hydrogens (primary N) is 1. The van der Waals surface area contributed by atoms with Crippen LogP contribution >= 0.6 is 0 Å². The van der Waals surface area contributed by atoms with E-state index in [1.165, 1.54) is 0 Å². The molecule has 1 atom stereocenters. The lowest BCUT2D eigenvalue weighted by Gasteiger charge is -2.29. The standard InChI is InChI=1S/C14H18N2O3/c1-13(2,3)19-12(18)14(11(15)17)10-7-5-4-6-9(10)8-16-14/h4-7,16H,8H2,1-3H3,(H2,15,17). The van der Waals surface area contributed by atoms with Crippen molar-refractivity contribution in [1.29, 1.82) is 0 Å². The molecule has 0 saturated heterocycles. The number of primary amides is 1. The summed E-state index contributed by atoms with van der Waals surface area (Å²) in [6.07, 6.45) is 0. The van der Waals surface area contributed by atoms with Crippen molar-refractivity contribution in [3.8, 4) is 0 Å². The third kappa shape index (κ3) is 2.21. The molecule has 1 aliphatic heterocycles. The van der Waals surface area contributed by atoms with Crippen molar-refractivity contribution >= 4 is 11.9 Å². The first-order valence-electron chi connectivity index (χ1n) is 6.14. The molecule has 0 radical (unpaired) electrons. The minimum absolute atomic E-state index is 0.415. The second kappa shape index (κ2) is 4.35. The van der Waals surface area contributed by atoms with E-state index in [0.29, 0.717) is 12.1 Å². The molecular formula is C14H18N2O3. The number of ether oxygens (including phenoxy) is 1. The maximum absolute atomic E-state index is 12.4. The summed E-state index contributed by atoms with van der Waals surface area (Å²) in [5.41, 5.74) is 4.67. The fraction of sp³-hybridized carbons (Fsp3) is 0.429. The van der Waals surface area contributed by atoms with Gasteiger partial charge in [0.25, 0.3) is 5.91 Å². The van der Waals surface area contributed by atoms with E-state index >= 15 is 0 Å². The Kier molecular flexibility index (Phi) is 3.10. The van der Waals surface area contributed by atoms with Gasteiger partial charge in [-0.05, 0) is 31.9 Å². The van der Waals surface area contributed by atoms with Crippen molar-refractivity contribution in [1.82, 2.24) is 5.32 Å². The number of esters is 1. The second-order valence-electron chi connectivity index (χ2n) is 5.63. The molecule has 0 spiro atoms. The number of fused-ring (bicyclic) bond motifs is 1. The topological polar surface area (TPSA) is 81.4 Å². The van der Waals surface area contributed by atoms with Gasteiger partial charge in [0, 0.05) is 6.54 Å². The summed E-state index contributed by atoms with van der Waals surface area (Å²) in [4.78, 5) is 24.3. The van der Waals surface area contributed by atoms with Crippen LogP contribution in [0.4, 0.5) is 0 Å². The lowest BCUT2D eigenvalue weighted by Crippen LogP contribution is -2.56. The van der Waals surface area contributed by atoms with E-state index in [0.717, 1.165) is 5.56 Å². The van der Waals surface area contributed by atoms with Crippen LogP contribution in [-0.2, 0) is 26.4 Å². The number of benzene rings is 1. The lowest BCUT2D eigenvalue weighted by atomic mass is 9.89. The molecule has 0 fully saturated rings. The van der Waals surface area contributed by atoms with Gasteiger partial charge in [0.15, 0.2) is 0 Å². The largest absolute Gasteiger partial charge is 0.458 e. The van der Waals surface area contributed by atoms with Gasteiger partial charge in [-0.2, -0.15) is 0 Å². The Balaban J connectivity index is 2.48. The van der Waals surface area contributed by atoms with Gasteiger partial charge in [0.05, 0.1) is 0 Å². The van der Waals surface area contributed by atoms with Crippen molar-refractivity contribution in [2.45, 2.75) is 38.5 Å². The number of hydrogen-bond donors (Lipinski definition) is 2. The molecule has 5 heteroatoms. The van der Waals surface area contributed by atoms with Gasteiger partial charge in [-0.25, -0.2) is 4.79 Å². The molecule has 1 aromatic carbocycles. The first-order chi connectivity index (χ1) is 8.77. The molecule has 5 nitrogen and oxygen atoms in total. The average molecular weight is 262 g/mol. The summed E-state index contributed by atoms with van der Waals surface area (Å²) in [6.45, 7) is 5.67. The molecule has 1 unspecified atom stereocenters. The highest BCUT2D eigenvalue weighted by atomic mass is 16.6. The summed E-state index contributed by atoms with van der Waals surface area (Å²) in [6, 6.07) is 7.21. The SMILES string of the molecule is CC(C)(C)OC(=O)C1(C(N)=O)NCc2ccccc21. The molecule has 1 aromatic rings. The zero-order chi connectivity index (χ0) is 14.3. The van der Waals surface area contributed by atoms with Gasteiger partial charge >= 0.3 is 5.97 Å². The molecule has 2 rings (SSSR count). The number of hydrogen-bond acceptors (Lipinski definition) is 4. The molecule has 3 N–H and O–H groups in total. The molecule has 102 valence electrons. The molecule has 19 heavy (non-hydrogen) atoms. The van der Waals surface area contributed by atoms with Crippen LogP contribution in [0.25, 0.3) is 0 Å². The molecule has 0 aromatic heterocycles. The Morgan fingerprint density at radius 2 is 1.95 bits per heavy atom. The minimum Gasteiger partial charge on any atom is -0.458 e. The van der Waals surface area contributed by atoms with Crippen LogP contribution in [-0.4, -0.2) is 17.5 Å². The molecular weight excluding hydrogens is 244 g/mol. The molecule has 0 aliphatic carbocycles. The van der Waals surface area contributed by atoms with Gasteiger partial charge in [0.1, 0.15) is 5.60 Å². The van der Waals surface area contributed by atoms with Crippen LogP contribution in [0.5, 0.6) is 0 Å². The first-order valence-corrected chi connectivity index (χ1v) is 6.14. The third-order valence-corrected chi connectivity index (χ3v) is 3.04. The number of rotatable bonds is 2. The van der Waals surface area contributed by atoms with Gasteiger partial charge < -0.3 is 10.5 Å². The number of carbonyl (C=O) groups excluding carboxylic acids is 2. The predicted octanol–water partition coefficient (Wildman–Crippen LogP) is 0.812. The summed E-state index contributed by atoms with van der Waals surface area (Å²) in [5, 5.41) is 2.91. The maximum Gasteiger partial charge on any atom is 0.341 e. The van der Waals surface area contributed by atoms with Gasteiger partial charge in [-0.3, -0.25) is 10.1 Å². The average Bonchev–Trinajstić information content (AvgIpc) is 2.67. The monoisotopic (exact) mass is 262 g/mol. The smallest absolute Gasteiger partial charge is 0.341 e. The van der Waals surface area contributed by atoms with Crippen LogP contribution in [0.15, 0.2) is 24.3 Å². The highest BCUT2D eigenvalue weighted by Gasteiger charge is 2.52. The Hall–Kier alpha value is -1.88. The first kappa shape index (κ1) is 13.5. The molecule has 0 saturated carbocycles. The van der Waals surface area contributed by atoms with Crippen LogP contribution in [0, 0.1) is 0 Å². The van der Waals surface area contributed by atoms with E-state index in [1.807, 2.05) is 12.1 Å². The van der Waals surface area contributed by atoms with E-state index < -0.39 is 23.0 Å². The quantitative estimate of drug-likeness (QED) is 0.610. The van der Waals surface area contributed by atoms with E-state index in [9.17, 15) is 9.59 Å². The van der Waals surface area contributed by atoms with Gasteiger partial charge in [0.2, 0.25) is 5.54 Å². The Bertz CT molecular complexity index is 534. The number of nitrogens with one attached hydrogen (secondary N) is 1. The summed E-state index contributed by atoms with van der Waals surface area (Å²) < 4.78 is 5.34. The Morgan fingerprint density at radius 1 is 1.32 bits per heavy atom. The minimum atomic E-state index is -1.58. The van der Waals surface area contributed by atoms with Crippen molar-refractivity contribution in [2.24, 2.45) is 5.73 Å². The van der Waals surface area contributed by atoms with Crippen LogP contribution in [0.3, 0.4) is 0 Å². The highest BCUT2D eigenvalue weighted by Crippen LogP contribution is 2.33. The number of amides is 1. The summed E-state index contributed by atoms with van der Waals surface area (Å²) in [5.74, 6) is -1.40. The molecule has 0 bridgehead atoms. The zero-order valence-corrected chi connectivity index (χ0v) is 11.3. The van der Waals surface area contributed by atoms with Gasteiger partial charge in [-0.1, -0.05) is 24.3 Å². The van der Waals surface area contributed by atoms with Crippen LogP contribution in [0.1, 0.15) is 31.9 Å². The number of carbonyl (C=O) groups is 2. The maximum atomic E-state index is 12.4. The van der Waals surface area contributed by atoms with Crippen molar-refractivity contribution in [3.05, 3.63) is 35.4 Å². The lowest BCUT2D eigenvalue weighted by molar-refractivity contribution is -0.165. The Morgan fingerprint density at radius 3 is 2.53 bits per heavy atom. The Labute approximate surface area is 112 Å². The zero-order valence-electron chi connectivity index (χ0n) is 11.3. The summed E-state index contributed by atoms with van der Waals surface area (Å²) >= 11 is 0. The van der Waals surface area contributed by atoms with Crippen molar-refractivity contribution in [3.63, 3.8) is 0 Å². The van der Waals surface area contributed by atoms with E-state index in [1.54, 1.807) is 32.9 Å². The van der Waals surface area contributed by atoms with E-state index in [2.05, 4.69) is 5.32 Å². The normalized spacial score (nSPS) is 21.8. The van der Waals surface area contributed by atoms with Crippen LogP contribution in [0.2, 0.25) is 0 Å².